The standard InChI is InChI=1S/C17H25NO3/c1-13-6-5-7-14(2)17(13)21-12-16(20)18(10-11-19)15-8-3-4-9-15/h5-7,15,19H,3-4,8-12H2,1-2H3. The van der Waals surface area contributed by atoms with Crippen LogP contribution in [0.2, 0.25) is 0 Å². The first-order valence-electron chi connectivity index (χ1n) is 7.73. The van der Waals surface area contributed by atoms with Gasteiger partial charge in [0.05, 0.1) is 6.61 Å². The van der Waals surface area contributed by atoms with E-state index >= 15 is 0 Å². The average Bonchev–Trinajstić information content (AvgIpc) is 2.97. The summed E-state index contributed by atoms with van der Waals surface area (Å²) in [7, 11) is 0. The minimum Gasteiger partial charge on any atom is -0.483 e. The molecule has 0 aliphatic heterocycles. The summed E-state index contributed by atoms with van der Waals surface area (Å²) in [5.74, 6) is 0.764. The van der Waals surface area contributed by atoms with E-state index in [1.54, 1.807) is 4.90 Å². The second-order valence-corrected chi connectivity index (χ2v) is 5.76. The van der Waals surface area contributed by atoms with Crippen molar-refractivity contribution in [1.82, 2.24) is 4.90 Å². The van der Waals surface area contributed by atoms with Crippen LogP contribution in [-0.2, 0) is 4.79 Å². The Labute approximate surface area is 126 Å². The van der Waals surface area contributed by atoms with Crippen molar-refractivity contribution in [3.63, 3.8) is 0 Å². The van der Waals surface area contributed by atoms with Crippen LogP contribution in [0.4, 0.5) is 0 Å². The van der Waals surface area contributed by atoms with Gasteiger partial charge in [-0.2, -0.15) is 0 Å². The zero-order chi connectivity index (χ0) is 15.2. The summed E-state index contributed by atoms with van der Waals surface area (Å²) < 4.78 is 5.74. The van der Waals surface area contributed by atoms with Gasteiger partial charge in [-0.05, 0) is 37.8 Å². The normalized spacial score (nSPS) is 15.2. The van der Waals surface area contributed by atoms with E-state index in [9.17, 15) is 9.90 Å². The number of ether oxygens (including phenoxy) is 1. The molecule has 1 aromatic rings. The molecule has 0 spiro atoms. The van der Waals surface area contributed by atoms with E-state index in [0.29, 0.717) is 6.54 Å². The number of aliphatic hydroxyl groups is 1. The summed E-state index contributed by atoms with van der Waals surface area (Å²) in [5, 5.41) is 9.18. The number of amides is 1. The molecule has 21 heavy (non-hydrogen) atoms. The van der Waals surface area contributed by atoms with Gasteiger partial charge in [-0.3, -0.25) is 4.79 Å². The smallest absolute Gasteiger partial charge is 0.260 e. The fraction of sp³-hybridized carbons (Fsp3) is 0.588. The van der Waals surface area contributed by atoms with Crippen LogP contribution in [0.1, 0.15) is 36.8 Å². The van der Waals surface area contributed by atoms with Gasteiger partial charge in [-0.25, -0.2) is 0 Å². The van der Waals surface area contributed by atoms with Crippen molar-refractivity contribution < 1.29 is 14.6 Å². The predicted octanol–water partition coefficient (Wildman–Crippen LogP) is 2.45. The molecule has 0 radical (unpaired) electrons. The Balaban J connectivity index is 1.98. The zero-order valence-corrected chi connectivity index (χ0v) is 13.0. The Morgan fingerprint density at radius 3 is 2.48 bits per heavy atom. The minimum atomic E-state index is -0.0291. The Bertz CT molecular complexity index is 461. The fourth-order valence-corrected chi connectivity index (χ4v) is 3.08. The highest BCUT2D eigenvalue weighted by Gasteiger charge is 2.26. The average molecular weight is 291 g/mol. The van der Waals surface area contributed by atoms with Crippen molar-refractivity contribution in [2.24, 2.45) is 0 Å². The number of rotatable bonds is 6. The summed E-state index contributed by atoms with van der Waals surface area (Å²) in [4.78, 5) is 14.2. The molecule has 1 N–H and O–H groups in total. The maximum Gasteiger partial charge on any atom is 0.260 e. The topological polar surface area (TPSA) is 49.8 Å². The summed E-state index contributed by atoms with van der Waals surface area (Å²) in [6.45, 7) is 4.41. The molecule has 116 valence electrons. The van der Waals surface area contributed by atoms with Crippen LogP contribution < -0.4 is 4.74 Å². The third kappa shape index (κ3) is 3.97. The number of hydrogen-bond acceptors (Lipinski definition) is 3. The number of aryl methyl sites for hydroxylation is 2. The Morgan fingerprint density at radius 2 is 1.90 bits per heavy atom. The molecule has 1 fully saturated rings. The monoisotopic (exact) mass is 291 g/mol. The molecule has 0 atom stereocenters. The summed E-state index contributed by atoms with van der Waals surface area (Å²) in [6, 6.07) is 6.21. The fourth-order valence-electron chi connectivity index (χ4n) is 3.08. The molecule has 1 amide bonds. The largest absolute Gasteiger partial charge is 0.483 e. The Hall–Kier alpha value is -1.55. The van der Waals surface area contributed by atoms with Crippen LogP contribution in [0, 0.1) is 13.8 Å². The van der Waals surface area contributed by atoms with Crippen molar-refractivity contribution in [1.29, 1.82) is 0 Å². The maximum atomic E-state index is 12.4. The molecule has 1 saturated carbocycles. The zero-order valence-electron chi connectivity index (χ0n) is 13.0. The van der Waals surface area contributed by atoms with Crippen LogP contribution >= 0.6 is 0 Å². The third-order valence-electron chi connectivity index (χ3n) is 4.18. The van der Waals surface area contributed by atoms with Crippen LogP contribution in [0.3, 0.4) is 0 Å². The number of para-hydroxylation sites is 1. The van der Waals surface area contributed by atoms with Gasteiger partial charge in [0, 0.05) is 12.6 Å². The molecule has 0 aromatic heterocycles. The number of aliphatic hydroxyl groups excluding tert-OH is 1. The lowest BCUT2D eigenvalue weighted by atomic mass is 10.1. The lowest BCUT2D eigenvalue weighted by Crippen LogP contribution is -2.43. The predicted molar refractivity (Wildman–Crippen MR) is 82.5 cm³/mol. The van der Waals surface area contributed by atoms with E-state index in [2.05, 4.69) is 0 Å². The summed E-state index contributed by atoms with van der Waals surface area (Å²) in [5.41, 5.74) is 2.08. The van der Waals surface area contributed by atoms with Crippen molar-refractivity contribution >= 4 is 5.91 Å². The molecule has 0 saturated heterocycles. The minimum absolute atomic E-state index is 0.00559. The number of benzene rings is 1. The second-order valence-electron chi connectivity index (χ2n) is 5.76. The van der Waals surface area contributed by atoms with Crippen molar-refractivity contribution in [2.75, 3.05) is 19.8 Å². The van der Waals surface area contributed by atoms with E-state index in [1.807, 2.05) is 32.0 Å². The van der Waals surface area contributed by atoms with Gasteiger partial charge in [0.25, 0.3) is 5.91 Å². The van der Waals surface area contributed by atoms with E-state index in [1.165, 1.54) is 0 Å². The Morgan fingerprint density at radius 1 is 1.29 bits per heavy atom. The maximum absolute atomic E-state index is 12.4. The molecule has 1 aliphatic rings. The number of carbonyl (C=O) groups excluding carboxylic acids is 1. The first-order chi connectivity index (χ1) is 10.1. The van der Waals surface area contributed by atoms with Gasteiger partial charge in [-0.15, -0.1) is 0 Å². The Kier molecular flexibility index (Phi) is 5.62. The molecule has 0 unspecified atom stereocenters. The summed E-state index contributed by atoms with van der Waals surface area (Å²) in [6.07, 6.45) is 4.40. The molecule has 1 aliphatic carbocycles. The van der Waals surface area contributed by atoms with E-state index < -0.39 is 0 Å². The molecular weight excluding hydrogens is 266 g/mol. The van der Waals surface area contributed by atoms with Gasteiger partial charge in [0.2, 0.25) is 0 Å². The molecular formula is C17H25NO3. The molecule has 4 heteroatoms. The lowest BCUT2D eigenvalue weighted by Gasteiger charge is -2.28. The number of carbonyl (C=O) groups is 1. The molecule has 4 nitrogen and oxygen atoms in total. The van der Waals surface area contributed by atoms with E-state index in [4.69, 9.17) is 4.74 Å². The van der Waals surface area contributed by atoms with Gasteiger partial charge in [0.1, 0.15) is 5.75 Å². The van der Waals surface area contributed by atoms with Gasteiger partial charge in [-0.1, -0.05) is 31.0 Å². The lowest BCUT2D eigenvalue weighted by molar-refractivity contribution is -0.136. The highest BCUT2D eigenvalue weighted by molar-refractivity contribution is 5.78. The number of hydrogen-bond donors (Lipinski definition) is 1. The van der Waals surface area contributed by atoms with Gasteiger partial charge in [0.15, 0.2) is 6.61 Å². The highest BCUT2D eigenvalue weighted by atomic mass is 16.5. The van der Waals surface area contributed by atoms with Crippen LogP contribution in [0.15, 0.2) is 18.2 Å². The van der Waals surface area contributed by atoms with E-state index in [0.717, 1.165) is 42.6 Å². The summed E-state index contributed by atoms with van der Waals surface area (Å²) >= 11 is 0. The first kappa shape index (κ1) is 15.8. The quantitative estimate of drug-likeness (QED) is 0.876. The van der Waals surface area contributed by atoms with Gasteiger partial charge >= 0.3 is 0 Å². The molecule has 1 aromatic carbocycles. The second kappa shape index (κ2) is 7.46. The van der Waals surface area contributed by atoms with E-state index in [-0.39, 0.29) is 25.2 Å². The van der Waals surface area contributed by atoms with Crippen LogP contribution in [0.25, 0.3) is 0 Å². The molecule has 0 bridgehead atoms. The van der Waals surface area contributed by atoms with Crippen molar-refractivity contribution in [3.8, 4) is 5.75 Å². The van der Waals surface area contributed by atoms with Crippen LogP contribution in [-0.4, -0.2) is 41.7 Å². The number of nitrogens with zero attached hydrogens (tertiary/aromatic N) is 1. The third-order valence-corrected chi connectivity index (χ3v) is 4.18. The first-order valence-corrected chi connectivity index (χ1v) is 7.73. The molecule has 2 rings (SSSR count). The SMILES string of the molecule is Cc1cccc(C)c1OCC(=O)N(CCO)C1CCCC1. The van der Waals surface area contributed by atoms with Gasteiger partial charge < -0.3 is 14.7 Å². The van der Waals surface area contributed by atoms with Crippen molar-refractivity contribution in [2.45, 2.75) is 45.6 Å². The van der Waals surface area contributed by atoms with Crippen molar-refractivity contribution in [3.05, 3.63) is 29.3 Å². The van der Waals surface area contributed by atoms with Crippen LogP contribution in [0.5, 0.6) is 5.75 Å². The highest BCUT2D eigenvalue weighted by Crippen LogP contribution is 2.25. The molecule has 0 heterocycles.